The number of hydrogen-bond donors (Lipinski definition) is 1. The van der Waals surface area contributed by atoms with Crippen LogP contribution in [0.25, 0.3) is 0 Å². The van der Waals surface area contributed by atoms with Crippen LogP contribution in [-0.2, 0) is 21.3 Å². The lowest BCUT2D eigenvalue weighted by Gasteiger charge is -2.36. The van der Waals surface area contributed by atoms with Crippen molar-refractivity contribution in [2.24, 2.45) is 5.73 Å². The molecule has 21 heavy (non-hydrogen) atoms. The summed E-state index contributed by atoms with van der Waals surface area (Å²) in [6.07, 6.45) is 2.97. The summed E-state index contributed by atoms with van der Waals surface area (Å²) in [5.41, 5.74) is 5.76. The van der Waals surface area contributed by atoms with E-state index >= 15 is 0 Å². The van der Waals surface area contributed by atoms with E-state index in [0.29, 0.717) is 31.8 Å². The lowest BCUT2D eigenvalue weighted by Crippen LogP contribution is -2.51. The Hall–Kier alpha value is -0.960. The molecular formula is C13H24N4O3S. The van der Waals surface area contributed by atoms with Crippen LogP contribution in [0, 0.1) is 6.92 Å². The normalized spacial score (nSPS) is 24.4. The molecule has 1 aromatic rings. The first kappa shape index (κ1) is 16.4. The second-order valence-electron chi connectivity index (χ2n) is 5.30. The highest BCUT2D eigenvalue weighted by Gasteiger charge is 2.37. The third kappa shape index (κ3) is 3.13. The van der Waals surface area contributed by atoms with Gasteiger partial charge < -0.3 is 15.0 Å². The molecule has 1 aliphatic rings. The predicted molar refractivity (Wildman–Crippen MR) is 79.4 cm³/mol. The van der Waals surface area contributed by atoms with Crippen molar-refractivity contribution in [1.82, 2.24) is 13.9 Å². The Labute approximate surface area is 126 Å². The van der Waals surface area contributed by atoms with Gasteiger partial charge >= 0.3 is 0 Å². The Morgan fingerprint density at radius 1 is 1.52 bits per heavy atom. The molecule has 2 atom stereocenters. The van der Waals surface area contributed by atoms with Gasteiger partial charge in [0.1, 0.15) is 5.82 Å². The molecule has 0 amide bonds. The van der Waals surface area contributed by atoms with Gasteiger partial charge in [-0.1, -0.05) is 0 Å². The van der Waals surface area contributed by atoms with Crippen LogP contribution in [-0.4, -0.2) is 54.6 Å². The number of piperidine rings is 1. The van der Waals surface area contributed by atoms with Crippen LogP contribution in [0.3, 0.4) is 0 Å². The minimum atomic E-state index is -3.60. The molecule has 1 aliphatic heterocycles. The van der Waals surface area contributed by atoms with E-state index in [4.69, 9.17) is 10.5 Å². The lowest BCUT2D eigenvalue weighted by atomic mass is 10.0. The highest BCUT2D eigenvalue weighted by Crippen LogP contribution is 2.26. The number of rotatable bonds is 5. The third-order valence-electron chi connectivity index (χ3n) is 4.09. The number of hydrogen-bond acceptors (Lipinski definition) is 5. The number of methoxy groups -OCH3 is 1. The molecule has 7 nitrogen and oxygen atoms in total. The molecule has 0 aliphatic carbocycles. The minimum absolute atomic E-state index is 0.0694. The Bertz CT molecular complexity index is 584. The maximum absolute atomic E-state index is 12.8. The summed E-state index contributed by atoms with van der Waals surface area (Å²) in [5.74, 6) is 0.701. The summed E-state index contributed by atoms with van der Waals surface area (Å²) >= 11 is 0. The number of ether oxygens (including phenoxy) is 1. The summed E-state index contributed by atoms with van der Waals surface area (Å²) in [6.45, 7) is 5.16. The number of aromatic nitrogens is 2. The second-order valence-corrected chi connectivity index (χ2v) is 7.14. The van der Waals surface area contributed by atoms with Crippen molar-refractivity contribution in [2.45, 2.75) is 50.4 Å². The Balaban J connectivity index is 2.29. The van der Waals surface area contributed by atoms with Gasteiger partial charge in [-0.3, -0.25) is 0 Å². The first-order valence-corrected chi connectivity index (χ1v) is 8.66. The van der Waals surface area contributed by atoms with Crippen molar-refractivity contribution in [2.75, 3.05) is 20.2 Å². The van der Waals surface area contributed by atoms with Crippen LogP contribution in [0.4, 0.5) is 0 Å². The van der Waals surface area contributed by atoms with E-state index in [9.17, 15) is 8.42 Å². The van der Waals surface area contributed by atoms with Gasteiger partial charge in [-0.15, -0.1) is 0 Å². The van der Waals surface area contributed by atoms with Crippen LogP contribution in [0.15, 0.2) is 11.2 Å². The quantitative estimate of drug-likeness (QED) is 0.846. The molecular weight excluding hydrogens is 292 g/mol. The van der Waals surface area contributed by atoms with E-state index in [2.05, 4.69) is 4.98 Å². The zero-order valence-corrected chi connectivity index (χ0v) is 13.6. The predicted octanol–water partition coefficient (Wildman–Crippen LogP) is 0.338. The van der Waals surface area contributed by atoms with Crippen molar-refractivity contribution >= 4 is 10.0 Å². The topological polar surface area (TPSA) is 90.5 Å². The SMILES string of the molecule is CCn1cc(S(=O)(=O)N2CCC(OC)CC2CN)nc1C. The first-order chi connectivity index (χ1) is 9.93. The van der Waals surface area contributed by atoms with Crippen LogP contribution < -0.4 is 5.73 Å². The molecule has 0 radical (unpaired) electrons. The number of nitrogens with two attached hydrogens (primary N) is 1. The van der Waals surface area contributed by atoms with E-state index in [1.54, 1.807) is 20.2 Å². The summed E-state index contributed by atoms with van der Waals surface area (Å²) in [4.78, 5) is 4.20. The maximum atomic E-state index is 12.8. The molecule has 0 spiro atoms. The molecule has 2 heterocycles. The van der Waals surface area contributed by atoms with Crippen molar-refractivity contribution in [1.29, 1.82) is 0 Å². The molecule has 2 rings (SSSR count). The monoisotopic (exact) mass is 316 g/mol. The maximum Gasteiger partial charge on any atom is 0.262 e. The largest absolute Gasteiger partial charge is 0.381 e. The highest BCUT2D eigenvalue weighted by atomic mass is 32.2. The van der Waals surface area contributed by atoms with E-state index in [1.807, 2.05) is 11.5 Å². The molecule has 2 N–H and O–H groups in total. The van der Waals surface area contributed by atoms with Gasteiger partial charge in [0, 0.05) is 39.0 Å². The average Bonchev–Trinajstić information content (AvgIpc) is 2.88. The Morgan fingerprint density at radius 3 is 2.76 bits per heavy atom. The number of nitrogens with zero attached hydrogens (tertiary/aromatic N) is 3. The molecule has 0 aromatic carbocycles. The Morgan fingerprint density at radius 2 is 2.24 bits per heavy atom. The summed E-state index contributed by atoms with van der Waals surface area (Å²) in [7, 11) is -1.95. The van der Waals surface area contributed by atoms with Crippen LogP contribution in [0.5, 0.6) is 0 Å². The molecule has 8 heteroatoms. The van der Waals surface area contributed by atoms with Gasteiger partial charge in [-0.05, 0) is 26.7 Å². The zero-order chi connectivity index (χ0) is 15.6. The minimum Gasteiger partial charge on any atom is -0.381 e. The molecule has 2 unspecified atom stereocenters. The summed E-state index contributed by atoms with van der Waals surface area (Å²) in [5, 5.41) is 0.108. The summed E-state index contributed by atoms with van der Waals surface area (Å²) < 4.78 is 34.2. The van der Waals surface area contributed by atoms with Crippen LogP contribution >= 0.6 is 0 Å². The van der Waals surface area contributed by atoms with Crippen molar-refractivity contribution in [3.63, 3.8) is 0 Å². The van der Waals surface area contributed by atoms with E-state index in [-0.39, 0.29) is 23.7 Å². The first-order valence-electron chi connectivity index (χ1n) is 7.22. The van der Waals surface area contributed by atoms with Crippen molar-refractivity contribution in [3.8, 4) is 0 Å². The van der Waals surface area contributed by atoms with Crippen molar-refractivity contribution < 1.29 is 13.2 Å². The number of sulfonamides is 1. The van der Waals surface area contributed by atoms with E-state index in [0.717, 1.165) is 0 Å². The molecule has 0 bridgehead atoms. The van der Waals surface area contributed by atoms with Gasteiger partial charge in [0.05, 0.1) is 6.10 Å². The lowest BCUT2D eigenvalue weighted by molar-refractivity contribution is 0.0401. The summed E-state index contributed by atoms with van der Waals surface area (Å²) in [6, 6.07) is -0.235. The van der Waals surface area contributed by atoms with Crippen LogP contribution in [0.1, 0.15) is 25.6 Å². The average molecular weight is 316 g/mol. The fraction of sp³-hybridized carbons (Fsp3) is 0.769. The fourth-order valence-corrected chi connectivity index (χ4v) is 4.44. The second kappa shape index (κ2) is 6.43. The van der Waals surface area contributed by atoms with Gasteiger partial charge in [0.2, 0.25) is 0 Å². The van der Waals surface area contributed by atoms with Crippen LogP contribution in [0.2, 0.25) is 0 Å². The fourth-order valence-electron chi connectivity index (χ4n) is 2.78. The molecule has 1 saturated heterocycles. The molecule has 0 saturated carbocycles. The van der Waals surface area contributed by atoms with Crippen molar-refractivity contribution in [3.05, 3.63) is 12.0 Å². The highest BCUT2D eigenvalue weighted by molar-refractivity contribution is 7.89. The Kier molecular flexibility index (Phi) is 5.03. The van der Waals surface area contributed by atoms with E-state index < -0.39 is 10.0 Å². The molecule has 1 aromatic heterocycles. The van der Waals surface area contributed by atoms with Gasteiger partial charge in [-0.2, -0.15) is 4.31 Å². The van der Waals surface area contributed by atoms with Gasteiger partial charge in [0.25, 0.3) is 10.0 Å². The number of aryl methyl sites for hydroxylation is 2. The zero-order valence-electron chi connectivity index (χ0n) is 12.8. The third-order valence-corrected chi connectivity index (χ3v) is 5.91. The number of imidazole rings is 1. The smallest absolute Gasteiger partial charge is 0.262 e. The van der Waals surface area contributed by atoms with Gasteiger partial charge in [0.15, 0.2) is 5.03 Å². The van der Waals surface area contributed by atoms with E-state index in [1.165, 1.54) is 4.31 Å². The van der Waals surface area contributed by atoms with Gasteiger partial charge in [-0.25, -0.2) is 13.4 Å². The standard InChI is InChI=1S/C13H24N4O3S/c1-4-16-9-13(15-10(16)2)21(18,19)17-6-5-12(20-3)7-11(17)8-14/h9,11-12H,4-8,14H2,1-3H3. The molecule has 1 fully saturated rings. The molecule has 120 valence electrons.